The summed E-state index contributed by atoms with van der Waals surface area (Å²) >= 11 is 0. The first-order valence-corrected chi connectivity index (χ1v) is 3.25. The Labute approximate surface area is 73.2 Å². The fourth-order valence-electron chi connectivity index (χ4n) is 0.755. The smallest absolute Gasteiger partial charge is 0.333 e. The summed E-state index contributed by atoms with van der Waals surface area (Å²) in [5, 5.41) is 10.4. The predicted molar refractivity (Wildman–Crippen MR) is 42.3 cm³/mol. The number of pyridine rings is 1. The molecule has 1 aromatic heterocycles. The quantitative estimate of drug-likeness (QED) is 0.535. The average Bonchev–Trinajstić information content (AvgIpc) is 2.16. The van der Waals surface area contributed by atoms with Gasteiger partial charge in [0.1, 0.15) is 0 Å². The topological polar surface area (TPSA) is 101 Å². The molecule has 1 heterocycles. The van der Waals surface area contributed by atoms with E-state index in [1.165, 1.54) is 19.2 Å². The molecule has 7 nitrogen and oxygen atoms in total. The van der Waals surface area contributed by atoms with Crippen LogP contribution in [0, 0.1) is 10.1 Å². The third kappa shape index (κ3) is 1.82. The summed E-state index contributed by atoms with van der Waals surface area (Å²) in [7, 11) is 1.38. The molecule has 0 aromatic carbocycles. The number of hydrogen-bond acceptors (Lipinski definition) is 6. The van der Waals surface area contributed by atoms with E-state index < -0.39 is 4.92 Å². The molecule has 0 amide bonds. The molecule has 0 aliphatic heterocycles. The summed E-state index contributed by atoms with van der Waals surface area (Å²) in [6.07, 6.45) is 0. The summed E-state index contributed by atoms with van der Waals surface area (Å²) in [6.45, 7) is 0. The molecule has 0 fully saturated rings. The highest BCUT2D eigenvalue weighted by molar-refractivity contribution is 5.42. The summed E-state index contributed by atoms with van der Waals surface area (Å²) in [6, 6.07) is 2.55. The van der Waals surface area contributed by atoms with Gasteiger partial charge in [-0.05, 0) is 0 Å². The van der Waals surface area contributed by atoms with Crippen LogP contribution in [-0.2, 0) is 0 Å². The lowest BCUT2D eigenvalue weighted by atomic mass is 10.4. The van der Waals surface area contributed by atoms with Crippen molar-refractivity contribution in [2.75, 3.05) is 7.11 Å². The van der Waals surface area contributed by atoms with Crippen LogP contribution in [0.5, 0.6) is 11.8 Å². The summed E-state index contributed by atoms with van der Waals surface area (Å²) in [5.74, 6) is 4.72. The highest BCUT2D eigenvalue weighted by Gasteiger charge is 2.17. The van der Waals surface area contributed by atoms with Crippen molar-refractivity contribution in [2.24, 2.45) is 5.90 Å². The van der Waals surface area contributed by atoms with Crippen molar-refractivity contribution in [3.8, 4) is 11.8 Å². The van der Waals surface area contributed by atoms with Crippen LogP contribution < -0.4 is 15.5 Å². The molecule has 0 atom stereocenters. The second kappa shape index (κ2) is 3.68. The third-order valence-electron chi connectivity index (χ3n) is 1.33. The van der Waals surface area contributed by atoms with Crippen molar-refractivity contribution in [1.29, 1.82) is 0 Å². The maximum Gasteiger partial charge on any atom is 0.333 e. The van der Waals surface area contributed by atoms with E-state index in [1.807, 2.05) is 0 Å². The lowest BCUT2D eigenvalue weighted by molar-refractivity contribution is -0.386. The maximum atomic E-state index is 10.4. The number of nitrogens with zero attached hydrogens (tertiary/aromatic N) is 2. The summed E-state index contributed by atoms with van der Waals surface area (Å²) < 4.78 is 4.72. The van der Waals surface area contributed by atoms with E-state index in [1.54, 1.807) is 0 Å². The van der Waals surface area contributed by atoms with E-state index in [2.05, 4.69) is 9.82 Å². The molecule has 13 heavy (non-hydrogen) atoms. The minimum Gasteiger partial charge on any atom is -0.481 e. The van der Waals surface area contributed by atoms with E-state index in [4.69, 9.17) is 10.6 Å². The van der Waals surface area contributed by atoms with E-state index in [-0.39, 0.29) is 17.4 Å². The number of rotatable bonds is 3. The Kier molecular flexibility index (Phi) is 2.60. The molecule has 7 heteroatoms. The molecule has 0 aliphatic carbocycles. The monoisotopic (exact) mass is 185 g/mol. The Hall–Kier alpha value is -1.89. The van der Waals surface area contributed by atoms with Crippen LogP contribution in [0.2, 0.25) is 0 Å². The number of nitrogens with two attached hydrogens (primary N) is 1. The predicted octanol–water partition coefficient (Wildman–Crippen LogP) is 0.251. The van der Waals surface area contributed by atoms with E-state index in [0.29, 0.717) is 0 Å². The molecule has 1 aromatic rings. The van der Waals surface area contributed by atoms with Crippen LogP contribution in [0.4, 0.5) is 5.69 Å². The van der Waals surface area contributed by atoms with Crippen LogP contribution >= 0.6 is 0 Å². The van der Waals surface area contributed by atoms with Gasteiger partial charge in [0.05, 0.1) is 12.0 Å². The normalized spacial score (nSPS) is 9.38. The number of methoxy groups -OCH3 is 1. The Morgan fingerprint density at radius 2 is 2.31 bits per heavy atom. The molecule has 0 saturated carbocycles. The summed E-state index contributed by atoms with van der Waals surface area (Å²) in [4.78, 5) is 17.6. The number of aromatic nitrogens is 1. The lowest BCUT2D eigenvalue weighted by Crippen LogP contribution is -2.07. The van der Waals surface area contributed by atoms with Crippen molar-refractivity contribution in [2.45, 2.75) is 0 Å². The molecular weight excluding hydrogens is 178 g/mol. The van der Waals surface area contributed by atoms with Gasteiger partial charge in [0.2, 0.25) is 5.88 Å². The molecule has 2 N–H and O–H groups in total. The lowest BCUT2D eigenvalue weighted by Gasteiger charge is -2.01. The zero-order chi connectivity index (χ0) is 9.84. The molecule has 0 aliphatic rings. The number of nitro groups is 1. The van der Waals surface area contributed by atoms with Gasteiger partial charge in [-0.1, -0.05) is 0 Å². The minimum atomic E-state index is -0.644. The van der Waals surface area contributed by atoms with Gasteiger partial charge in [0.15, 0.2) is 0 Å². The van der Waals surface area contributed by atoms with Gasteiger partial charge in [-0.2, -0.15) is 10.9 Å². The van der Waals surface area contributed by atoms with Gasteiger partial charge in [0.25, 0.3) is 0 Å². The molecule has 0 radical (unpaired) electrons. The van der Waals surface area contributed by atoms with Gasteiger partial charge >= 0.3 is 11.6 Å². The Morgan fingerprint density at radius 1 is 1.62 bits per heavy atom. The van der Waals surface area contributed by atoms with Gasteiger partial charge in [-0.3, -0.25) is 10.1 Å². The van der Waals surface area contributed by atoms with Gasteiger partial charge in [0, 0.05) is 12.1 Å². The van der Waals surface area contributed by atoms with Crippen LogP contribution in [0.1, 0.15) is 0 Å². The SMILES string of the molecule is COc1ccc([N+](=O)[O-])c(ON)n1. The van der Waals surface area contributed by atoms with Crippen molar-refractivity contribution in [1.82, 2.24) is 4.98 Å². The van der Waals surface area contributed by atoms with Crippen molar-refractivity contribution < 1.29 is 14.5 Å². The molecule has 0 spiro atoms. The minimum absolute atomic E-state index is 0.200. The highest BCUT2D eigenvalue weighted by atomic mass is 16.6. The van der Waals surface area contributed by atoms with Crippen LogP contribution in [0.15, 0.2) is 12.1 Å². The first-order chi connectivity index (χ1) is 6.19. The fourth-order valence-corrected chi connectivity index (χ4v) is 0.755. The molecule has 70 valence electrons. The van der Waals surface area contributed by atoms with E-state index in [9.17, 15) is 10.1 Å². The van der Waals surface area contributed by atoms with Crippen LogP contribution in [0.25, 0.3) is 0 Å². The Balaban J connectivity index is 3.15. The van der Waals surface area contributed by atoms with Crippen molar-refractivity contribution in [3.05, 3.63) is 22.2 Å². The average molecular weight is 185 g/mol. The zero-order valence-electron chi connectivity index (χ0n) is 6.76. The van der Waals surface area contributed by atoms with Gasteiger partial charge in [-0.15, -0.1) is 0 Å². The Morgan fingerprint density at radius 3 is 2.77 bits per heavy atom. The van der Waals surface area contributed by atoms with Crippen molar-refractivity contribution >= 4 is 5.69 Å². The molecule has 0 unspecified atom stereocenters. The third-order valence-corrected chi connectivity index (χ3v) is 1.33. The van der Waals surface area contributed by atoms with Crippen LogP contribution in [0.3, 0.4) is 0 Å². The van der Waals surface area contributed by atoms with Crippen molar-refractivity contribution in [3.63, 3.8) is 0 Å². The molecular formula is C6H7N3O4. The zero-order valence-corrected chi connectivity index (χ0v) is 6.76. The van der Waals surface area contributed by atoms with E-state index >= 15 is 0 Å². The first kappa shape index (κ1) is 9.20. The van der Waals surface area contributed by atoms with E-state index in [0.717, 1.165) is 0 Å². The maximum absolute atomic E-state index is 10.4. The number of hydrogen-bond donors (Lipinski definition) is 1. The first-order valence-electron chi connectivity index (χ1n) is 3.25. The summed E-state index contributed by atoms with van der Waals surface area (Å²) in [5.41, 5.74) is -0.302. The second-order valence-electron chi connectivity index (χ2n) is 2.05. The fraction of sp³-hybridized carbons (Fsp3) is 0.167. The Bertz CT molecular complexity index is 328. The number of ether oxygens (including phenoxy) is 1. The second-order valence-corrected chi connectivity index (χ2v) is 2.05. The standard InChI is InChI=1S/C6H7N3O4/c1-12-5-3-2-4(9(10)11)6(8-5)13-7/h2-3H,7H2,1H3. The molecule has 0 saturated heterocycles. The van der Waals surface area contributed by atoms with Gasteiger partial charge < -0.3 is 9.57 Å². The molecule has 1 rings (SSSR count). The largest absolute Gasteiger partial charge is 0.481 e. The van der Waals surface area contributed by atoms with Gasteiger partial charge in [-0.25, -0.2) is 0 Å². The molecule has 0 bridgehead atoms. The van der Waals surface area contributed by atoms with Crippen LogP contribution in [-0.4, -0.2) is 17.0 Å². The highest BCUT2D eigenvalue weighted by Crippen LogP contribution is 2.25.